The van der Waals surface area contributed by atoms with Crippen molar-refractivity contribution in [2.24, 2.45) is 0 Å². The normalized spacial score (nSPS) is 22.6. The summed E-state index contributed by atoms with van der Waals surface area (Å²) in [6.45, 7) is 1.95. The molecule has 3 aromatic carbocycles. The number of rotatable bonds is 4. The summed E-state index contributed by atoms with van der Waals surface area (Å²) in [6, 6.07) is 19.7. The second kappa shape index (κ2) is 9.62. The fraction of sp³-hybridized carbons (Fsp3) is 0.323. The quantitative estimate of drug-likeness (QED) is 0.462. The highest BCUT2D eigenvalue weighted by Crippen LogP contribution is 2.43. The molecule has 7 heteroatoms. The molecule has 2 fully saturated rings. The van der Waals surface area contributed by atoms with Crippen LogP contribution in [0.2, 0.25) is 0 Å². The molecule has 1 amide bonds. The van der Waals surface area contributed by atoms with Crippen LogP contribution < -0.4 is 10.2 Å². The lowest BCUT2D eigenvalue weighted by molar-refractivity contribution is -0.125. The van der Waals surface area contributed by atoms with E-state index in [1.54, 1.807) is 12.1 Å². The predicted octanol–water partition coefficient (Wildman–Crippen LogP) is 5.54. The van der Waals surface area contributed by atoms with E-state index in [4.69, 9.17) is 0 Å². The van der Waals surface area contributed by atoms with Gasteiger partial charge in [0.15, 0.2) is 0 Å². The number of carbonyl (C=O) groups is 1. The zero-order valence-corrected chi connectivity index (χ0v) is 21.0. The van der Waals surface area contributed by atoms with Crippen LogP contribution in [-0.2, 0) is 10.2 Å². The molecule has 196 valence electrons. The molecular formula is C31H30F3N3O. The van der Waals surface area contributed by atoms with Gasteiger partial charge in [0.2, 0.25) is 5.91 Å². The highest BCUT2D eigenvalue weighted by Gasteiger charge is 2.51. The minimum Gasteiger partial charge on any atom is -0.339 e. The van der Waals surface area contributed by atoms with Gasteiger partial charge in [-0.3, -0.25) is 9.69 Å². The highest BCUT2D eigenvalue weighted by molar-refractivity contribution is 5.93. The predicted molar refractivity (Wildman–Crippen MR) is 141 cm³/mol. The van der Waals surface area contributed by atoms with Crippen molar-refractivity contribution in [3.8, 4) is 0 Å². The molecule has 1 unspecified atom stereocenters. The third-order valence-corrected chi connectivity index (χ3v) is 8.73. The van der Waals surface area contributed by atoms with E-state index in [0.29, 0.717) is 19.5 Å². The Labute approximate surface area is 220 Å². The summed E-state index contributed by atoms with van der Waals surface area (Å²) in [4.78, 5) is 17.5. The first-order valence-corrected chi connectivity index (χ1v) is 13.2. The monoisotopic (exact) mass is 517 g/mol. The molecule has 6 rings (SSSR count). The number of halogens is 3. The van der Waals surface area contributed by atoms with E-state index in [-0.39, 0.29) is 29.4 Å². The van der Waals surface area contributed by atoms with Crippen LogP contribution in [0.25, 0.3) is 0 Å². The summed E-state index contributed by atoms with van der Waals surface area (Å²) in [7, 11) is 0. The first-order valence-electron chi connectivity index (χ1n) is 13.2. The Bertz CT molecular complexity index is 1280. The number of hydrogen-bond acceptors (Lipinski definition) is 3. The molecule has 1 aliphatic carbocycles. The van der Waals surface area contributed by atoms with Crippen molar-refractivity contribution in [2.75, 3.05) is 24.7 Å². The van der Waals surface area contributed by atoms with Crippen molar-refractivity contribution in [3.05, 3.63) is 114 Å². The van der Waals surface area contributed by atoms with E-state index < -0.39 is 11.0 Å². The summed E-state index contributed by atoms with van der Waals surface area (Å²) in [5.41, 5.74) is 1.73. The van der Waals surface area contributed by atoms with Crippen LogP contribution in [0.15, 0.2) is 84.9 Å². The summed E-state index contributed by atoms with van der Waals surface area (Å²) in [6.07, 6.45) is 7.46. The van der Waals surface area contributed by atoms with Crippen molar-refractivity contribution >= 4 is 11.6 Å². The Morgan fingerprint density at radius 1 is 0.737 bits per heavy atom. The maximum atomic E-state index is 13.7. The number of anilines is 1. The van der Waals surface area contributed by atoms with Crippen molar-refractivity contribution < 1.29 is 18.0 Å². The molecule has 2 saturated heterocycles. The zero-order valence-electron chi connectivity index (χ0n) is 21.0. The molecule has 2 heterocycles. The standard InChI is InChI=1S/C31H30F3N3O/c32-24-5-1-22(2-6-24)30(23-3-7-25(33)8-4-23)15-13-27(14-16-30)36-19-17-31(18-20-36)29(38)35-21-37(31)28-11-9-26(34)10-12-28/h1-13,15,27H,14,16-21H2,(H,35,38). The Kier molecular flexibility index (Phi) is 6.26. The van der Waals surface area contributed by atoms with Gasteiger partial charge in [0.25, 0.3) is 0 Å². The van der Waals surface area contributed by atoms with Crippen molar-refractivity contribution in [2.45, 2.75) is 42.7 Å². The lowest BCUT2D eigenvalue weighted by Crippen LogP contribution is -2.58. The molecule has 3 aliphatic rings. The Morgan fingerprint density at radius 3 is 1.76 bits per heavy atom. The molecule has 1 spiro atoms. The smallest absolute Gasteiger partial charge is 0.247 e. The third kappa shape index (κ3) is 4.19. The number of amides is 1. The second-order valence-electron chi connectivity index (χ2n) is 10.6. The van der Waals surface area contributed by atoms with Crippen LogP contribution in [0.3, 0.4) is 0 Å². The van der Waals surface area contributed by atoms with Gasteiger partial charge in [-0.25, -0.2) is 13.2 Å². The fourth-order valence-electron chi connectivity index (χ4n) is 6.55. The van der Waals surface area contributed by atoms with Gasteiger partial charge in [-0.2, -0.15) is 0 Å². The van der Waals surface area contributed by atoms with Gasteiger partial charge in [-0.05, 0) is 85.3 Å². The SMILES string of the molecule is O=C1NCN(c2ccc(F)cc2)C12CCN(C1C=CC(c3ccc(F)cc3)(c3ccc(F)cc3)CC1)CC2. The number of likely N-dealkylation sites (tertiary alicyclic amines) is 1. The van der Waals surface area contributed by atoms with E-state index in [2.05, 4.69) is 27.3 Å². The average Bonchev–Trinajstić information content (AvgIpc) is 3.25. The van der Waals surface area contributed by atoms with Crippen molar-refractivity contribution in [1.82, 2.24) is 10.2 Å². The lowest BCUT2D eigenvalue weighted by Gasteiger charge is -2.47. The van der Waals surface area contributed by atoms with Gasteiger partial charge in [0.05, 0.1) is 6.67 Å². The van der Waals surface area contributed by atoms with Crippen LogP contribution in [0.5, 0.6) is 0 Å². The fourth-order valence-corrected chi connectivity index (χ4v) is 6.55. The zero-order chi connectivity index (χ0) is 26.3. The van der Waals surface area contributed by atoms with Crippen molar-refractivity contribution in [3.63, 3.8) is 0 Å². The minimum atomic E-state index is -0.626. The van der Waals surface area contributed by atoms with E-state index in [1.807, 2.05) is 24.3 Å². The summed E-state index contributed by atoms with van der Waals surface area (Å²) in [5.74, 6) is -0.827. The van der Waals surface area contributed by atoms with Crippen LogP contribution in [0.1, 0.15) is 36.8 Å². The molecule has 0 aromatic heterocycles. The Balaban J connectivity index is 1.22. The topological polar surface area (TPSA) is 35.6 Å². The molecule has 1 N–H and O–H groups in total. The first kappa shape index (κ1) is 24.7. The van der Waals surface area contributed by atoms with E-state index in [9.17, 15) is 18.0 Å². The van der Waals surface area contributed by atoms with E-state index >= 15 is 0 Å². The number of nitrogens with one attached hydrogen (secondary N) is 1. The van der Waals surface area contributed by atoms with Crippen molar-refractivity contribution in [1.29, 1.82) is 0 Å². The molecule has 0 saturated carbocycles. The molecule has 38 heavy (non-hydrogen) atoms. The Hall–Kier alpha value is -3.58. The average molecular weight is 518 g/mol. The van der Waals surface area contributed by atoms with Gasteiger partial charge in [-0.15, -0.1) is 0 Å². The maximum Gasteiger partial charge on any atom is 0.247 e. The number of carbonyl (C=O) groups excluding carboxylic acids is 1. The number of nitrogens with zero attached hydrogens (tertiary/aromatic N) is 2. The maximum absolute atomic E-state index is 13.7. The molecule has 1 atom stereocenters. The second-order valence-corrected chi connectivity index (χ2v) is 10.6. The van der Waals surface area contributed by atoms with Crippen LogP contribution >= 0.6 is 0 Å². The van der Waals surface area contributed by atoms with Gasteiger partial charge in [-0.1, -0.05) is 36.4 Å². The Morgan fingerprint density at radius 2 is 1.26 bits per heavy atom. The molecule has 0 bridgehead atoms. The van der Waals surface area contributed by atoms with Crippen LogP contribution in [0, 0.1) is 17.5 Å². The summed E-state index contributed by atoms with van der Waals surface area (Å²) in [5, 5.41) is 3.00. The van der Waals surface area contributed by atoms with Gasteiger partial charge < -0.3 is 10.2 Å². The largest absolute Gasteiger partial charge is 0.339 e. The molecular weight excluding hydrogens is 487 g/mol. The minimum absolute atomic E-state index is 0.0345. The highest BCUT2D eigenvalue weighted by atomic mass is 19.1. The summed E-state index contributed by atoms with van der Waals surface area (Å²) >= 11 is 0. The van der Waals surface area contributed by atoms with Crippen LogP contribution in [-0.4, -0.2) is 42.1 Å². The van der Waals surface area contributed by atoms with Gasteiger partial charge in [0.1, 0.15) is 23.0 Å². The van der Waals surface area contributed by atoms with Gasteiger partial charge >= 0.3 is 0 Å². The number of piperidine rings is 1. The van der Waals surface area contributed by atoms with Crippen LogP contribution in [0.4, 0.5) is 18.9 Å². The van der Waals surface area contributed by atoms with E-state index in [1.165, 1.54) is 36.4 Å². The third-order valence-electron chi connectivity index (χ3n) is 8.73. The number of benzene rings is 3. The number of hydrogen-bond donors (Lipinski definition) is 1. The molecule has 4 nitrogen and oxygen atoms in total. The first-order chi connectivity index (χ1) is 18.4. The molecule has 2 aliphatic heterocycles. The lowest BCUT2D eigenvalue weighted by atomic mass is 9.68. The summed E-state index contributed by atoms with van der Waals surface area (Å²) < 4.78 is 40.9. The molecule has 3 aromatic rings. The van der Waals surface area contributed by atoms with E-state index in [0.717, 1.165) is 42.7 Å². The molecule has 0 radical (unpaired) electrons. The van der Waals surface area contributed by atoms with Gasteiger partial charge in [0, 0.05) is 30.2 Å². The number of allylic oxidation sites excluding steroid dienone is 1.